The standard InChI is InChI=1S/C26H18F5NO4S/c1-13-32(19-8-3-2-5-16(19)14-9-11-15(12-10-14)26(29,30)31)21(23(27)28)22(37-13)17-6-4-7-18(24(33)34)20(17)25(35)36/h2-13,23H,1H3,(H,33,34)(H,35,36). The van der Waals surface area contributed by atoms with Gasteiger partial charge in [0.2, 0.25) is 0 Å². The SMILES string of the molecule is CC1SC(c2cccc(C(=O)O)c2C(=O)O)=C(C(F)F)N1c1ccccc1-c1ccc(C(F)(F)F)cc1. The van der Waals surface area contributed by atoms with Crippen molar-refractivity contribution in [3.8, 4) is 11.1 Å². The first-order chi connectivity index (χ1) is 17.4. The number of halogens is 5. The van der Waals surface area contributed by atoms with Gasteiger partial charge in [-0.05, 0) is 36.8 Å². The van der Waals surface area contributed by atoms with E-state index >= 15 is 0 Å². The van der Waals surface area contributed by atoms with Crippen molar-refractivity contribution in [1.29, 1.82) is 0 Å². The summed E-state index contributed by atoms with van der Waals surface area (Å²) in [5.74, 6) is -3.09. The summed E-state index contributed by atoms with van der Waals surface area (Å²) in [5, 5.41) is 18.5. The minimum absolute atomic E-state index is 0.0924. The average molecular weight is 535 g/mol. The van der Waals surface area contributed by atoms with Crippen LogP contribution >= 0.6 is 11.8 Å². The number of nitrogens with zero attached hydrogens (tertiary/aromatic N) is 1. The minimum Gasteiger partial charge on any atom is -0.478 e. The Hall–Kier alpha value is -3.86. The fraction of sp³-hybridized carbons (Fsp3) is 0.154. The van der Waals surface area contributed by atoms with Crippen LogP contribution in [0.1, 0.15) is 38.8 Å². The van der Waals surface area contributed by atoms with Crippen molar-refractivity contribution >= 4 is 34.3 Å². The van der Waals surface area contributed by atoms with Crippen LogP contribution in [-0.4, -0.2) is 34.0 Å². The molecular weight excluding hydrogens is 517 g/mol. The Kier molecular flexibility index (Phi) is 7.00. The van der Waals surface area contributed by atoms with Crippen molar-refractivity contribution in [3.05, 3.63) is 94.7 Å². The van der Waals surface area contributed by atoms with Gasteiger partial charge in [-0.15, -0.1) is 0 Å². The number of benzene rings is 3. The number of carboxylic acids is 2. The highest BCUT2D eigenvalue weighted by Gasteiger charge is 2.39. The Morgan fingerprint density at radius 3 is 2.08 bits per heavy atom. The van der Waals surface area contributed by atoms with E-state index in [0.29, 0.717) is 11.1 Å². The van der Waals surface area contributed by atoms with Gasteiger partial charge in [0, 0.05) is 21.7 Å². The second-order valence-corrected chi connectivity index (χ2v) is 9.36. The molecule has 192 valence electrons. The van der Waals surface area contributed by atoms with Crippen LogP contribution in [0.4, 0.5) is 27.6 Å². The zero-order valence-corrected chi connectivity index (χ0v) is 19.8. The van der Waals surface area contributed by atoms with Gasteiger partial charge in [0.1, 0.15) is 5.70 Å². The third-order valence-electron chi connectivity index (χ3n) is 5.79. The van der Waals surface area contributed by atoms with E-state index in [2.05, 4.69) is 0 Å². The van der Waals surface area contributed by atoms with Gasteiger partial charge in [-0.3, -0.25) is 0 Å². The Morgan fingerprint density at radius 2 is 1.51 bits per heavy atom. The van der Waals surface area contributed by atoms with Gasteiger partial charge in [-0.25, -0.2) is 18.4 Å². The Morgan fingerprint density at radius 1 is 0.892 bits per heavy atom. The van der Waals surface area contributed by atoms with Crippen molar-refractivity contribution in [2.45, 2.75) is 24.9 Å². The molecule has 0 fully saturated rings. The molecule has 1 aliphatic rings. The lowest BCUT2D eigenvalue weighted by Crippen LogP contribution is -2.29. The molecule has 1 heterocycles. The van der Waals surface area contributed by atoms with E-state index in [9.17, 15) is 41.8 Å². The lowest BCUT2D eigenvalue weighted by Gasteiger charge is -2.28. The van der Waals surface area contributed by atoms with Crippen molar-refractivity contribution in [3.63, 3.8) is 0 Å². The van der Waals surface area contributed by atoms with Crippen molar-refractivity contribution in [2.24, 2.45) is 0 Å². The predicted molar refractivity (Wildman–Crippen MR) is 130 cm³/mol. The van der Waals surface area contributed by atoms with Crippen LogP contribution in [-0.2, 0) is 6.18 Å². The highest BCUT2D eigenvalue weighted by Crippen LogP contribution is 2.51. The molecule has 0 saturated heterocycles. The van der Waals surface area contributed by atoms with E-state index in [4.69, 9.17) is 0 Å². The smallest absolute Gasteiger partial charge is 0.416 e. The van der Waals surface area contributed by atoms with Gasteiger partial charge in [0.25, 0.3) is 6.43 Å². The molecule has 3 aromatic rings. The quantitative estimate of drug-likeness (QED) is 0.323. The monoisotopic (exact) mass is 535 g/mol. The number of aromatic carboxylic acids is 2. The lowest BCUT2D eigenvalue weighted by atomic mass is 9.98. The van der Waals surface area contributed by atoms with Crippen LogP contribution in [0.15, 0.2) is 72.4 Å². The van der Waals surface area contributed by atoms with Gasteiger partial charge in [-0.1, -0.05) is 54.2 Å². The Labute approximate surface area is 211 Å². The normalized spacial score (nSPS) is 16.0. The molecule has 0 radical (unpaired) electrons. The Balaban J connectivity index is 1.91. The van der Waals surface area contributed by atoms with Crippen molar-refractivity contribution in [2.75, 3.05) is 4.90 Å². The maximum atomic E-state index is 14.6. The third kappa shape index (κ3) is 4.91. The molecular formula is C26H18F5NO4S. The van der Waals surface area contributed by atoms with Crippen LogP contribution in [0, 0.1) is 0 Å². The number of thioether (sulfide) groups is 1. The Bertz CT molecular complexity index is 1400. The number of anilines is 1. The maximum absolute atomic E-state index is 14.6. The predicted octanol–water partition coefficient (Wildman–Crippen LogP) is 7.30. The van der Waals surface area contributed by atoms with E-state index in [0.717, 1.165) is 30.0 Å². The molecule has 0 aromatic heterocycles. The molecule has 37 heavy (non-hydrogen) atoms. The van der Waals surface area contributed by atoms with E-state index in [1.807, 2.05) is 0 Å². The highest BCUT2D eigenvalue weighted by atomic mass is 32.2. The minimum atomic E-state index is -4.54. The third-order valence-corrected chi connectivity index (χ3v) is 7.01. The highest BCUT2D eigenvalue weighted by molar-refractivity contribution is 8.09. The summed E-state index contributed by atoms with van der Waals surface area (Å²) in [7, 11) is 0. The number of hydrogen-bond donors (Lipinski definition) is 2. The molecule has 3 aromatic carbocycles. The molecule has 0 bridgehead atoms. The first-order valence-corrected chi connectivity index (χ1v) is 11.6. The largest absolute Gasteiger partial charge is 0.478 e. The van der Waals surface area contributed by atoms with E-state index in [1.54, 1.807) is 31.2 Å². The fourth-order valence-electron chi connectivity index (χ4n) is 4.24. The van der Waals surface area contributed by atoms with Gasteiger partial charge >= 0.3 is 18.1 Å². The summed E-state index contributed by atoms with van der Waals surface area (Å²) in [5.41, 5.74) is -1.66. The molecule has 0 aliphatic carbocycles. The summed E-state index contributed by atoms with van der Waals surface area (Å²) in [6.07, 6.45) is -7.62. The first-order valence-electron chi connectivity index (χ1n) is 10.8. The van der Waals surface area contributed by atoms with E-state index in [-0.39, 0.29) is 16.2 Å². The molecule has 0 amide bonds. The van der Waals surface area contributed by atoms with Gasteiger partial charge in [-0.2, -0.15) is 13.2 Å². The molecule has 0 saturated carbocycles. The van der Waals surface area contributed by atoms with Gasteiger partial charge in [0.15, 0.2) is 0 Å². The van der Waals surface area contributed by atoms with Gasteiger partial charge in [0.05, 0.1) is 22.1 Å². The van der Waals surface area contributed by atoms with Crippen LogP contribution in [0.25, 0.3) is 16.0 Å². The fourth-order valence-corrected chi connectivity index (χ4v) is 5.52. The number of carboxylic acid groups (broad SMARTS) is 2. The molecule has 1 unspecified atom stereocenters. The lowest BCUT2D eigenvalue weighted by molar-refractivity contribution is -0.137. The number of rotatable bonds is 6. The zero-order chi connectivity index (χ0) is 27.1. The molecule has 0 spiro atoms. The second kappa shape index (κ2) is 9.89. The molecule has 5 nitrogen and oxygen atoms in total. The number of para-hydroxylation sites is 1. The summed E-state index contributed by atoms with van der Waals surface area (Å²) in [4.78, 5) is 24.8. The number of hydrogen-bond acceptors (Lipinski definition) is 4. The number of carbonyl (C=O) groups is 2. The summed E-state index contributed by atoms with van der Waals surface area (Å²) >= 11 is 0.940. The topological polar surface area (TPSA) is 77.8 Å². The zero-order valence-electron chi connectivity index (χ0n) is 19.0. The summed E-state index contributed by atoms with van der Waals surface area (Å²) in [6.45, 7) is 1.62. The van der Waals surface area contributed by atoms with Crippen molar-refractivity contribution in [1.82, 2.24) is 0 Å². The summed E-state index contributed by atoms with van der Waals surface area (Å²) < 4.78 is 68.3. The molecule has 4 rings (SSSR count). The van der Waals surface area contributed by atoms with E-state index < -0.39 is 52.3 Å². The average Bonchev–Trinajstić information content (AvgIpc) is 3.20. The maximum Gasteiger partial charge on any atom is 0.416 e. The van der Waals surface area contributed by atoms with Gasteiger partial charge < -0.3 is 15.1 Å². The van der Waals surface area contributed by atoms with Crippen LogP contribution in [0.2, 0.25) is 0 Å². The number of allylic oxidation sites excluding steroid dienone is 1. The van der Waals surface area contributed by atoms with Crippen LogP contribution < -0.4 is 4.90 Å². The second-order valence-electron chi connectivity index (χ2n) is 8.03. The number of alkyl halides is 5. The van der Waals surface area contributed by atoms with Crippen LogP contribution in [0.3, 0.4) is 0 Å². The molecule has 2 N–H and O–H groups in total. The summed E-state index contributed by atoms with van der Waals surface area (Å²) in [6, 6.07) is 14.3. The molecule has 11 heteroatoms. The van der Waals surface area contributed by atoms with Crippen molar-refractivity contribution < 1.29 is 41.8 Å². The van der Waals surface area contributed by atoms with Crippen LogP contribution in [0.5, 0.6) is 0 Å². The molecule has 1 aliphatic heterocycles. The van der Waals surface area contributed by atoms with E-state index in [1.165, 1.54) is 29.2 Å². The first kappa shape index (κ1) is 26.2. The molecule has 1 atom stereocenters.